The van der Waals surface area contributed by atoms with Crippen LogP contribution in [0.2, 0.25) is 0 Å². The zero-order chi connectivity index (χ0) is 12.1. The molecule has 0 aliphatic rings. The molecule has 0 amide bonds. The van der Waals surface area contributed by atoms with Crippen molar-refractivity contribution in [2.24, 2.45) is 0 Å². The van der Waals surface area contributed by atoms with E-state index in [4.69, 9.17) is 0 Å². The molecule has 0 bridgehead atoms. The molecular weight excluding hydrogens is 212 g/mol. The number of pyridine rings is 1. The Bertz CT molecular complexity index is 564. The second-order valence-corrected chi connectivity index (χ2v) is 3.47. The molecule has 0 atom stereocenters. The molecule has 0 saturated heterocycles. The van der Waals surface area contributed by atoms with Gasteiger partial charge in [-0.2, -0.15) is 0 Å². The van der Waals surface area contributed by atoms with Gasteiger partial charge in [0.1, 0.15) is 11.4 Å². The molecule has 2 heterocycles. The van der Waals surface area contributed by atoms with E-state index in [0.717, 1.165) is 11.4 Å². The fourth-order valence-corrected chi connectivity index (χ4v) is 1.24. The molecule has 0 aliphatic carbocycles. The van der Waals surface area contributed by atoms with Crippen molar-refractivity contribution >= 4 is 5.69 Å². The average Bonchev–Trinajstić information content (AvgIpc) is 2.38. The quantitative estimate of drug-likeness (QED) is 0.748. The summed E-state index contributed by atoms with van der Waals surface area (Å²) in [5.74, 6) is 5.88. The zero-order valence-electron chi connectivity index (χ0n) is 9.73. The first-order valence-electron chi connectivity index (χ1n) is 5.22. The second kappa shape index (κ2) is 5.08. The monoisotopic (exact) mass is 224 g/mol. The molecule has 0 saturated carbocycles. The molecule has 0 aromatic carbocycles. The topological polar surface area (TPSA) is 50.7 Å². The van der Waals surface area contributed by atoms with Gasteiger partial charge in [-0.15, -0.1) is 0 Å². The normalized spacial score (nSPS) is 9.29. The summed E-state index contributed by atoms with van der Waals surface area (Å²) >= 11 is 0. The molecule has 17 heavy (non-hydrogen) atoms. The van der Waals surface area contributed by atoms with Crippen LogP contribution in [0.1, 0.15) is 17.1 Å². The fourth-order valence-electron chi connectivity index (χ4n) is 1.24. The van der Waals surface area contributed by atoms with Gasteiger partial charge in [-0.05, 0) is 30.9 Å². The van der Waals surface area contributed by atoms with Crippen LogP contribution in [0.25, 0.3) is 0 Å². The summed E-state index contributed by atoms with van der Waals surface area (Å²) in [5.41, 5.74) is 3.22. The molecule has 4 nitrogen and oxygen atoms in total. The van der Waals surface area contributed by atoms with E-state index in [1.165, 1.54) is 0 Å². The highest BCUT2D eigenvalue weighted by Crippen LogP contribution is 2.05. The van der Waals surface area contributed by atoms with E-state index in [2.05, 4.69) is 32.1 Å². The third-order valence-electron chi connectivity index (χ3n) is 2.15. The lowest BCUT2D eigenvalue weighted by molar-refractivity contribution is 1.10. The first-order valence-corrected chi connectivity index (χ1v) is 5.22. The van der Waals surface area contributed by atoms with Crippen LogP contribution in [0.3, 0.4) is 0 Å². The maximum absolute atomic E-state index is 4.16. The predicted molar refractivity (Wildman–Crippen MR) is 66.5 cm³/mol. The van der Waals surface area contributed by atoms with Crippen molar-refractivity contribution in [3.63, 3.8) is 0 Å². The fraction of sp³-hybridized carbons (Fsp3) is 0.154. The van der Waals surface area contributed by atoms with E-state index in [1.807, 2.05) is 26.1 Å². The molecule has 0 radical (unpaired) electrons. The Hall–Kier alpha value is -2.41. The van der Waals surface area contributed by atoms with Crippen LogP contribution in [0.5, 0.6) is 0 Å². The van der Waals surface area contributed by atoms with Crippen LogP contribution >= 0.6 is 0 Å². The van der Waals surface area contributed by atoms with E-state index in [9.17, 15) is 0 Å². The van der Waals surface area contributed by atoms with Crippen LogP contribution in [-0.4, -0.2) is 22.0 Å². The number of hydrogen-bond donors (Lipinski definition) is 1. The summed E-state index contributed by atoms with van der Waals surface area (Å²) in [6.07, 6.45) is 5.07. The van der Waals surface area contributed by atoms with Crippen LogP contribution in [0, 0.1) is 18.8 Å². The van der Waals surface area contributed by atoms with Gasteiger partial charge < -0.3 is 5.32 Å². The minimum atomic E-state index is 0.646. The van der Waals surface area contributed by atoms with E-state index < -0.39 is 0 Å². The Balaban J connectivity index is 2.23. The number of aryl methyl sites for hydroxylation is 1. The van der Waals surface area contributed by atoms with Crippen molar-refractivity contribution in [2.75, 3.05) is 12.4 Å². The Morgan fingerprint density at radius 3 is 2.59 bits per heavy atom. The van der Waals surface area contributed by atoms with Gasteiger partial charge in [-0.25, -0.2) is 9.97 Å². The number of hydrogen-bond acceptors (Lipinski definition) is 4. The molecule has 0 fully saturated rings. The summed E-state index contributed by atoms with van der Waals surface area (Å²) in [6.45, 7) is 1.89. The molecule has 2 aromatic rings. The molecule has 0 unspecified atom stereocenters. The predicted octanol–water partition coefficient (Wildman–Crippen LogP) is 1.62. The van der Waals surface area contributed by atoms with Gasteiger partial charge in [0.05, 0.1) is 11.9 Å². The van der Waals surface area contributed by atoms with Crippen LogP contribution in [-0.2, 0) is 0 Å². The van der Waals surface area contributed by atoms with Gasteiger partial charge in [-0.3, -0.25) is 4.98 Å². The van der Waals surface area contributed by atoms with Crippen molar-refractivity contribution in [3.8, 4) is 11.8 Å². The lowest BCUT2D eigenvalue weighted by atomic mass is 10.3. The van der Waals surface area contributed by atoms with E-state index in [1.54, 1.807) is 18.6 Å². The SMILES string of the molecule is CNc1ccnc(C#Cc2cnc(C)cn2)c1. The van der Waals surface area contributed by atoms with E-state index in [0.29, 0.717) is 11.4 Å². The standard InChI is InChI=1S/C13H12N4/c1-10-8-17-13(9-16-10)4-3-12-7-11(14-2)5-6-15-12/h5-9H,1-2H3,(H,14,15). The zero-order valence-corrected chi connectivity index (χ0v) is 9.73. The second-order valence-electron chi connectivity index (χ2n) is 3.47. The van der Waals surface area contributed by atoms with Crippen molar-refractivity contribution < 1.29 is 0 Å². The highest BCUT2D eigenvalue weighted by molar-refractivity contribution is 5.47. The molecule has 4 heteroatoms. The third-order valence-corrected chi connectivity index (χ3v) is 2.15. The lowest BCUT2D eigenvalue weighted by Gasteiger charge is -1.97. The molecule has 0 aliphatic heterocycles. The Kier molecular flexibility index (Phi) is 3.31. The summed E-state index contributed by atoms with van der Waals surface area (Å²) < 4.78 is 0. The van der Waals surface area contributed by atoms with Crippen LogP contribution < -0.4 is 5.32 Å². The molecule has 2 rings (SSSR count). The first-order chi connectivity index (χ1) is 8.28. The number of rotatable bonds is 1. The largest absolute Gasteiger partial charge is 0.388 e. The summed E-state index contributed by atoms with van der Waals surface area (Å²) in [4.78, 5) is 12.4. The molecule has 2 aromatic heterocycles. The van der Waals surface area contributed by atoms with E-state index >= 15 is 0 Å². The first kappa shape index (κ1) is 11.1. The van der Waals surface area contributed by atoms with Gasteiger partial charge in [0.15, 0.2) is 0 Å². The molecule has 1 N–H and O–H groups in total. The van der Waals surface area contributed by atoms with Crippen molar-refractivity contribution in [1.29, 1.82) is 0 Å². The van der Waals surface area contributed by atoms with Gasteiger partial charge >= 0.3 is 0 Å². The minimum Gasteiger partial charge on any atom is -0.388 e. The summed E-state index contributed by atoms with van der Waals surface area (Å²) in [6, 6.07) is 3.77. The highest BCUT2D eigenvalue weighted by Gasteiger charge is 1.92. The third kappa shape index (κ3) is 3.02. The van der Waals surface area contributed by atoms with Crippen LogP contribution in [0.15, 0.2) is 30.7 Å². The number of nitrogens with zero attached hydrogens (tertiary/aromatic N) is 3. The number of aromatic nitrogens is 3. The molecular formula is C13H12N4. The maximum atomic E-state index is 4.16. The van der Waals surface area contributed by atoms with Gasteiger partial charge in [-0.1, -0.05) is 0 Å². The Labute approximate surface area is 100 Å². The van der Waals surface area contributed by atoms with E-state index in [-0.39, 0.29) is 0 Å². The Morgan fingerprint density at radius 2 is 1.88 bits per heavy atom. The van der Waals surface area contributed by atoms with Crippen molar-refractivity contribution in [2.45, 2.75) is 6.92 Å². The summed E-state index contributed by atoms with van der Waals surface area (Å²) in [5, 5.41) is 3.04. The summed E-state index contributed by atoms with van der Waals surface area (Å²) in [7, 11) is 1.86. The van der Waals surface area contributed by atoms with Crippen molar-refractivity contribution in [3.05, 3.63) is 47.8 Å². The highest BCUT2D eigenvalue weighted by atomic mass is 14.8. The van der Waals surface area contributed by atoms with Gasteiger partial charge in [0, 0.05) is 25.1 Å². The maximum Gasteiger partial charge on any atom is 0.131 e. The number of anilines is 1. The smallest absolute Gasteiger partial charge is 0.131 e. The Morgan fingerprint density at radius 1 is 1.06 bits per heavy atom. The lowest BCUT2D eigenvalue weighted by Crippen LogP contribution is -1.91. The van der Waals surface area contributed by atoms with Gasteiger partial charge in [0.25, 0.3) is 0 Å². The van der Waals surface area contributed by atoms with Gasteiger partial charge in [0.2, 0.25) is 0 Å². The molecule has 84 valence electrons. The van der Waals surface area contributed by atoms with Crippen molar-refractivity contribution in [1.82, 2.24) is 15.0 Å². The van der Waals surface area contributed by atoms with Crippen LogP contribution in [0.4, 0.5) is 5.69 Å². The number of nitrogens with one attached hydrogen (secondary N) is 1. The molecule has 0 spiro atoms. The minimum absolute atomic E-state index is 0.646. The average molecular weight is 224 g/mol.